The van der Waals surface area contributed by atoms with Crippen molar-refractivity contribution >= 4 is 29.3 Å². The van der Waals surface area contributed by atoms with Crippen molar-refractivity contribution < 1.29 is 19.2 Å². The van der Waals surface area contributed by atoms with Crippen molar-refractivity contribution in [2.75, 3.05) is 6.54 Å². The standard InChI is InChI=1S/C31H36N6O4/c1-3-13-25(32)29(30(40)33-20-26(39)34-27(21(2)38)22-14-7-4-8-15-22)36-37-31(41)35-28(23-16-9-5-10-17-23)24-18-11-6-12-19-24/h4-12,14-19,25,27-28H,3,13,20,32H2,1-2H3,(H,33,40)(H,34,39)(H2,35,37,41)/b36-29+. The number of rotatable bonds is 13. The van der Waals surface area contributed by atoms with Gasteiger partial charge in [-0.05, 0) is 30.0 Å². The number of Topliss-reactive ketones (excluding diaryl/α,β-unsaturated/α-hetero) is 1. The summed E-state index contributed by atoms with van der Waals surface area (Å²) in [6, 6.07) is 25.0. The lowest BCUT2D eigenvalue weighted by atomic mass is 9.99. The molecule has 0 saturated heterocycles. The Morgan fingerprint density at radius 3 is 1.78 bits per heavy atom. The molecule has 3 aromatic carbocycles. The Morgan fingerprint density at radius 2 is 1.29 bits per heavy atom. The molecule has 0 aliphatic carbocycles. The summed E-state index contributed by atoms with van der Waals surface area (Å²) in [5.74, 6) is -1.52. The molecule has 10 heteroatoms. The molecule has 2 atom stereocenters. The molecular formula is C31H36N6O4. The molecular weight excluding hydrogens is 520 g/mol. The van der Waals surface area contributed by atoms with E-state index in [1.54, 1.807) is 30.3 Å². The minimum Gasteiger partial charge on any atom is -0.342 e. The van der Waals surface area contributed by atoms with Gasteiger partial charge >= 0.3 is 6.03 Å². The SMILES string of the molecule is CCCC(N)/C(=N\NC(=O)NC(c1ccccc1)c1ccccc1)C(=O)NCC(=O)NC(C(C)=O)c1ccccc1. The molecule has 0 fully saturated rings. The fourth-order valence-electron chi connectivity index (χ4n) is 4.20. The summed E-state index contributed by atoms with van der Waals surface area (Å²) in [4.78, 5) is 50.6. The highest BCUT2D eigenvalue weighted by molar-refractivity contribution is 6.41. The normalized spacial score (nSPS) is 12.6. The van der Waals surface area contributed by atoms with Crippen molar-refractivity contribution in [2.24, 2.45) is 10.8 Å². The molecule has 10 nitrogen and oxygen atoms in total. The third-order valence-electron chi connectivity index (χ3n) is 6.26. The molecule has 0 aliphatic rings. The van der Waals surface area contributed by atoms with E-state index in [1.165, 1.54) is 6.92 Å². The van der Waals surface area contributed by atoms with Gasteiger partial charge in [-0.3, -0.25) is 14.4 Å². The topological polar surface area (TPSA) is 155 Å². The number of nitrogens with zero attached hydrogens (tertiary/aromatic N) is 1. The molecule has 214 valence electrons. The van der Waals surface area contributed by atoms with E-state index >= 15 is 0 Å². The van der Waals surface area contributed by atoms with Crippen LogP contribution < -0.4 is 27.1 Å². The van der Waals surface area contributed by atoms with Crippen molar-refractivity contribution in [1.29, 1.82) is 0 Å². The van der Waals surface area contributed by atoms with Crippen molar-refractivity contribution in [2.45, 2.75) is 44.8 Å². The third-order valence-corrected chi connectivity index (χ3v) is 6.26. The van der Waals surface area contributed by atoms with Crippen molar-refractivity contribution in [3.63, 3.8) is 0 Å². The van der Waals surface area contributed by atoms with Crippen LogP contribution in [0.4, 0.5) is 4.79 Å². The number of nitrogens with two attached hydrogens (primary N) is 1. The molecule has 2 unspecified atom stereocenters. The number of nitrogens with one attached hydrogen (secondary N) is 4. The van der Waals surface area contributed by atoms with E-state index in [0.29, 0.717) is 18.4 Å². The largest absolute Gasteiger partial charge is 0.342 e. The van der Waals surface area contributed by atoms with E-state index in [1.807, 2.05) is 67.6 Å². The highest BCUT2D eigenvalue weighted by Gasteiger charge is 2.23. The van der Waals surface area contributed by atoms with Crippen LogP contribution in [0.3, 0.4) is 0 Å². The lowest BCUT2D eigenvalue weighted by molar-refractivity contribution is -0.127. The van der Waals surface area contributed by atoms with Gasteiger partial charge in [0.05, 0.1) is 18.6 Å². The predicted octanol–water partition coefficient (Wildman–Crippen LogP) is 3.12. The molecule has 0 radical (unpaired) electrons. The fraction of sp³-hybridized carbons (Fsp3) is 0.258. The van der Waals surface area contributed by atoms with Crippen LogP contribution in [0.25, 0.3) is 0 Å². The van der Waals surface area contributed by atoms with E-state index < -0.39 is 42.5 Å². The lowest BCUT2D eigenvalue weighted by Gasteiger charge is -2.20. The minimum absolute atomic E-state index is 0.128. The fourth-order valence-corrected chi connectivity index (χ4v) is 4.20. The van der Waals surface area contributed by atoms with E-state index in [2.05, 4.69) is 26.5 Å². The molecule has 41 heavy (non-hydrogen) atoms. The minimum atomic E-state index is -0.844. The molecule has 0 heterocycles. The number of hydrogen-bond donors (Lipinski definition) is 5. The second-order valence-electron chi connectivity index (χ2n) is 9.44. The zero-order valence-corrected chi connectivity index (χ0v) is 23.2. The van der Waals surface area contributed by atoms with E-state index in [0.717, 1.165) is 11.1 Å². The molecule has 0 aromatic heterocycles. The third kappa shape index (κ3) is 9.40. The first-order valence-corrected chi connectivity index (χ1v) is 13.4. The number of hydrogen-bond acceptors (Lipinski definition) is 6. The van der Waals surface area contributed by atoms with Crippen molar-refractivity contribution in [3.8, 4) is 0 Å². The highest BCUT2D eigenvalue weighted by atomic mass is 16.2. The quantitative estimate of drug-likeness (QED) is 0.162. The van der Waals surface area contributed by atoms with Crippen LogP contribution >= 0.6 is 0 Å². The lowest BCUT2D eigenvalue weighted by Crippen LogP contribution is -2.48. The monoisotopic (exact) mass is 556 g/mol. The Bertz CT molecular complexity index is 1290. The summed E-state index contributed by atoms with van der Waals surface area (Å²) < 4.78 is 0. The molecule has 3 aromatic rings. The Morgan fingerprint density at radius 1 is 0.780 bits per heavy atom. The number of carbonyl (C=O) groups is 4. The summed E-state index contributed by atoms with van der Waals surface area (Å²) in [5, 5.41) is 12.0. The van der Waals surface area contributed by atoms with Crippen LogP contribution in [-0.4, -0.2) is 41.9 Å². The van der Waals surface area contributed by atoms with E-state index in [9.17, 15) is 19.2 Å². The Hall–Kier alpha value is -4.83. The zero-order chi connectivity index (χ0) is 29.6. The van der Waals surface area contributed by atoms with Crippen molar-refractivity contribution in [1.82, 2.24) is 21.4 Å². The van der Waals surface area contributed by atoms with Crippen LogP contribution in [0.2, 0.25) is 0 Å². The van der Waals surface area contributed by atoms with Gasteiger partial charge in [-0.2, -0.15) is 5.10 Å². The van der Waals surface area contributed by atoms with Gasteiger partial charge in [0.15, 0.2) is 5.78 Å². The van der Waals surface area contributed by atoms with Crippen LogP contribution in [0, 0.1) is 0 Å². The van der Waals surface area contributed by atoms with Gasteiger partial charge in [0.25, 0.3) is 5.91 Å². The molecule has 0 saturated carbocycles. The van der Waals surface area contributed by atoms with E-state index in [4.69, 9.17) is 5.73 Å². The molecule has 4 amide bonds. The van der Waals surface area contributed by atoms with Gasteiger partial charge in [-0.15, -0.1) is 0 Å². The predicted molar refractivity (Wildman–Crippen MR) is 158 cm³/mol. The smallest absolute Gasteiger partial charge is 0.335 e. The van der Waals surface area contributed by atoms with Crippen LogP contribution in [0.15, 0.2) is 96.1 Å². The van der Waals surface area contributed by atoms with Gasteiger partial charge in [0, 0.05) is 0 Å². The second-order valence-corrected chi connectivity index (χ2v) is 9.44. The van der Waals surface area contributed by atoms with Gasteiger partial charge in [0.2, 0.25) is 5.91 Å². The maximum Gasteiger partial charge on any atom is 0.335 e. The van der Waals surface area contributed by atoms with Crippen LogP contribution in [0.1, 0.15) is 55.5 Å². The van der Waals surface area contributed by atoms with Gasteiger partial charge in [-0.1, -0.05) is 104 Å². The van der Waals surface area contributed by atoms with Crippen LogP contribution in [0.5, 0.6) is 0 Å². The maximum atomic E-state index is 13.0. The Kier molecular flexibility index (Phi) is 11.7. The summed E-state index contributed by atoms with van der Waals surface area (Å²) in [7, 11) is 0. The number of urea groups is 1. The van der Waals surface area contributed by atoms with Gasteiger partial charge in [0.1, 0.15) is 11.8 Å². The van der Waals surface area contributed by atoms with Gasteiger partial charge in [-0.25, -0.2) is 10.2 Å². The number of hydrazone groups is 1. The van der Waals surface area contributed by atoms with Crippen LogP contribution in [-0.2, 0) is 14.4 Å². The first-order chi connectivity index (χ1) is 19.8. The average molecular weight is 557 g/mol. The highest BCUT2D eigenvalue weighted by Crippen LogP contribution is 2.21. The molecule has 0 spiro atoms. The van der Waals surface area contributed by atoms with E-state index in [-0.39, 0.29) is 11.5 Å². The first kappa shape index (κ1) is 30.7. The molecule has 0 bridgehead atoms. The maximum absolute atomic E-state index is 13.0. The van der Waals surface area contributed by atoms with Crippen molar-refractivity contribution in [3.05, 3.63) is 108 Å². The molecule has 3 rings (SSSR count). The van der Waals surface area contributed by atoms with Gasteiger partial charge < -0.3 is 21.7 Å². The Labute approximate surface area is 239 Å². The number of benzene rings is 3. The number of amides is 4. The first-order valence-electron chi connectivity index (χ1n) is 13.4. The number of ketones is 1. The summed E-state index contributed by atoms with van der Waals surface area (Å²) in [6.45, 7) is 2.87. The summed E-state index contributed by atoms with van der Waals surface area (Å²) >= 11 is 0. The molecule has 6 N–H and O–H groups in total. The number of carbonyl (C=O) groups excluding carboxylic acids is 4. The molecule has 0 aliphatic heterocycles. The zero-order valence-electron chi connectivity index (χ0n) is 23.2. The summed E-state index contributed by atoms with van der Waals surface area (Å²) in [6.07, 6.45) is 1.10. The average Bonchev–Trinajstić information content (AvgIpc) is 2.99. The summed E-state index contributed by atoms with van der Waals surface area (Å²) in [5.41, 5.74) is 10.8. The second kappa shape index (κ2) is 15.7. The Balaban J connectivity index is 1.67.